The second-order valence-corrected chi connectivity index (χ2v) is 5.15. The van der Waals surface area contributed by atoms with Gasteiger partial charge in [0.2, 0.25) is 5.91 Å². The SMILES string of the molecule is Cc1nc2cc(C(N)=O)ccc2n1Cc1ccc(ONO)cc1. The van der Waals surface area contributed by atoms with Crippen molar-refractivity contribution in [1.82, 2.24) is 15.2 Å². The Hall–Kier alpha value is -2.90. The minimum atomic E-state index is -0.466. The van der Waals surface area contributed by atoms with Crippen molar-refractivity contribution in [2.24, 2.45) is 5.73 Å². The molecule has 0 aliphatic carbocycles. The number of carbonyl (C=O) groups is 1. The molecule has 118 valence electrons. The number of rotatable bonds is 5. The maximum atomic E-state index is 11.3. The number of benzene rings is 2. The van der Waals surface area contributed by atoms with Gasteiger partial charge in [-0.05, 0) is 48.5 Å². The zero-order chi connectivity index (χ0) is 16.4. The molecule has 3 rings (SSSR count). The van der Waals surface area contributed by atoms with Crippen molar-refractivity contribution in [2.45, 2.75) is 13.5 Å². The Morgan fingerprint density at radius 2 is 2.04 bits per heavy atom. The van der Waals surface area contributed by atoms with E-state index >= 15 is 0 Å². The fourth-order valence-corrected chi connectivity index (χ4v) is 2.50. The lowest BCUT2D eigenvalue weighted by molar-refractivity contribution is -0.0435. The molecule has 0 saturated heterocycles. The van der Waals surface area contributed by atoms with Crippen molar-refractivity contribution in [3.63, 3.8) is 0 Å². The van der Waals surface area contributed by atoms with Crippen molar-refractivity contribution in [1.29, 1.82) is 0 Å². The van der Waals surface area contributed by atoms with Crippen LogP contribution in [0.3, 0.4) is 0 Å². The van der Waals surface area contributed by atoms with Gasteiger partial charge in [0.15, 0.2) is 0 Å². The third-order valence-electron chi connectivity index (χ3n) is 3.65. The summed E-state index contributed by atoms with van der Waals surface area (Å²) >= 11 is 0. The lowest BCUT2D eigenvalue weighted by Gasteiger charge is -2.08. The van der Waals surface area contributed by atoms with Crippen molar-refractivity contribution < 1.29 is 14.8 Å². The van der Waals surface area contributed by atoms with Gasteiger partial charge in [-0.2, -0.15) is 0 Å². The number of nitrogens with two attached hydrogens (primary N) is 1. The topological polar surface area (TPSA) is 102 Å². The molecule has 0 aliphatic rings. The standard InChI is InChI=1S/C16H16N4O3/c1-10-18-14-8-12(16(17)21)4-7-15(14)20(10)9-11-2-5-13(6-3-11)23-19-22/h2-8,19,22H,9H2,1H3,(H2,17,21). The van der Waals surface area contributed by atoms with Gasteiger partial charge in [-0.1, -0.05) is 12.1 Å². The number of nitrogens with zero attached hydrogens (tertiary/aromatic N) is 2. The van der Waals surface area contributed by atoms with Crippen molar-refractivity contribution >= 4 is 16.9 Å². The Labute approximate surface area is 132 Å². The Bertz CT molecular complexity index is 856. The van der Waals surface area contributed by atoms with Crippen molar-refractivity contribution in [3.8, 4) is 5.75 Å². The molecule has 0 radical (unpaired) electrons. The van der Waals surface area contributed by atoms with Gasteiger partial charge in [-0.3, -0.25) is 10.0 Å². The van der Waals surface area contributed by atoms with Crippen molar-refractivity contribution in [2.75, 3.05) is 0 Å². The molecule has 1 aromatic heterocycles. The van der Waals surface area contributed by atoms with E-state index < -0.39 is 5.91 Å². The Morgan fingerprint density at radius 1 is 1.30 bits per heavy atom. The summed E-state index contributed by atoms with van der Waals surface area (Å²) in [6.07, 6.45) is 0. The first-order valence-corrected chi connectivity index (χ1v) is 7.00. The number of hydrogen-bond acceptors (Lipinski definition) is 5. The number of nitrogens with one attached hydrogen (secondary N) is 1. The minimum Gasteiger partial charge on any atom is -0.384 e. The molecule has 0 atom stereocenters. The zero-order valence-electron chi connectivity index (χ0n) is 12.5. The highest BCUT2D eigenvalue weighted by atomic mass is 16.8. The summed E-state index contributed by atoms with van der Waals surface area (Å²) in [4.78, 5) is 20.5. The van der Waals surface area contributed by atoms with Gasteiger partial charge in [0.1, 0.15) is 11.6 Å². The summed E-state index contributed by atoms with van der Waals surface area (Å²) in [6.45, 7) is 2.54. The van der Waals surface area contributed by atoms with Gasteiger partial charge in [0.25, 0.3) is 0 Å². The van der Waals surface area contributed by atoms with Crippen LogP contribution in [-0.2, 0) is 6.54 Å². The summed E-state index contributed by atoms with van der Waals surface area (Å²) in [6, 6.07) is 12.5. The van der Waals surface area contributed by atoms with Crippen LogP contribution in [0.2, 0.25) is 0 Å². The number of hydrogen-bond donors (Lipinski definition) is 3. The van der Waals surface area contributed by atoms with E-state index in [1.807, 2.05) is 25.1 Å². The van der Waals surface area contributed by atoms with Gasteiger partial charge >= 0.3 is 0 Å². The maximum Gasteiger partial charge on any atom is 0.248 e. The molecule has 1 heterocycles. The lowest BCUT2D eigenvalue weighted by Crippen LogP contribution is -2.11. The molecule has 1 amide bonds. The fourth-order valence-electron chi connectivity index (χ4n) is 2.50. The Kier molecular flexibility index (Phi) is 3.96. The van der Waals surface area contributed by atoms with Crippen LogP contribution in [-0.4, -0.2) is 20.7 Å². The quantitative estimate of drug-likeness (QED) is 0.623. The third kappa shape index (κ3) is 3.01. The summed E-state index contributed by atoms with van der Waals surface area (Å²) < 4.78 is 2.06. The average molecular weight is 312 g/mol. The molecule has 0 unspecified atom stereocenters. The van der Waals surface area contributed by atoms with Crippen LogP contribution in [0, 0.1) is 6.92 Å². The molecule has 0 saturated carbocycles. The number of primary amides is 1. The van der Waals surface area contributed by atoms with Crippen LogP contribution < -0.4 is 16.2 Å². The number of aryl methyl sites for hydroxylation is 1. The van der Waals surface area contributed by atoms with E-state index in [2.05, 4.69) is 9.55 Å². The molecule has 0 bridgehead atoms. The van der Waals surface area contributed by atoms with E-state index in [9.17, 15) is 4.79 Å². The molecule has 0 aliphatic heterocycles. The van der Waals surface area contributed by atoms with Crippen LogP contribution >= 0.6 is 0 Å². The van der Waals surface area contributed by atoms with E-state index in [4.69, 9.17) is 15.8 Å². The van der Waals surface area contributed by atoms with Crippen LogP contribution in [0.5, 0.6) is 5.75 Å². The maximum absolute atomic E-state index is 11.3. The van der Waals surface area contributed by atoms with E-state index in [1.54, 1.807) is 29.9 Å². The van der Waals surface area contributed by atoms with Gasteiger partial charge in [0, 0.05) is 12.1 Å². The minimum absolute atomic E-state index is 0.445. The molecule has 7 nitrogen and oxygen atoms in total. The smallest absolute Gasteiger partial charge is 0.248 e. The monoisotopic (exact) mass is 312 g/mol. The summed E-state index contributed by atoms with van der Waals surface area (Å²) in [5.41, 5.74) is 10.1. The van der Waals surface area contributed by atoms with Gasteiger partial charge in [-0.15, -0.1) is 0 Å². The number of fused-ring (bicyclic) bond motifs is 1. The first kappa shape index (κ1) is 15.0. The first-order chi connectivity index (χ1) is 11.1. The molecule has 7 heteroatoms. The largest absolute Gasteiger partial charge is 0.384 e. The number of carbonyl (C=O) groups excluding carboxylic acids is 1. The number of aromatic nitrogens is 2. The van der Waals surface area contributed by atoms with E-state index in [0.717, 1.165) is 22.4 Å². The number of amides is 1. The van der Waals surface area contributed by atoms with E-state index in [-0.39, 0.29) is 0 Å². The van der Waals surface area contributed by atoms with Crippen LogP contribution in [0.4, 0.5) is 0 Å². The van der Waals surface area contributed by atoms with Crippen LogP contribution in [0.1, 0.15) is 21.7 Å². The highest BCUT2D eigenvalue weighted by Crippen LogP contribution is 2.20. The normalized spacial score (nSPS) is 10.9. The zero-order valence-corrected chi connectivity index (χ0v) is 12.5. The molecule has 0 spiro atoms. The fraction of sp³-hybridized carbons (Fsp3) is 0.125. The lowest BCUT2D eigenvalue weighted by atomic mass is 10.2. The van der Waals surface area contributed by atoms with Gasteiger partial charge in [-0.25, -0.2) is 4.98 Å². The molecular weight excluding hydrogens is 296 g/mol. The van der Waals surface area contributed by atoms with E-state index in [0.29, 0.717) is 17.9 Å². The summed E-state index contributed by atoms with van der Waals surface area (Å²) in [5.74, 6) is 0.890. The van der Waals surface area contributed by atoms with Crippen molar-refractivity contribution in [3.05, 3.63) is 59.4 Å². The van der Waals surface area contributed by atoms with Crippen LogP contribution in [0.15, 0.2) is 42.5 Å². The highest BCUT2D eigenvalue weighted by molar-refractivity contribution is 5.96. The second kappa shape index (κ2) is 6.07. The molecule has 3 aromatic rings. The number of imidazole rings is 1. The van der Waals surface area contributed by atoms with E-state index in [1.165, 1.54) is 0 Å². The first-order valence-electron chi connectivity index (χ1n) is 7.00. The summed E-state index contributed by atoms with van der Waals surface area (Å²) in [7, 11) is 0. The average Bonchev–Trinajstić information content (AvgIpc) is 2.84. The molecular formula is C16H16N4O3. The Morgan fingerprint density at radius 3 is 2.70 bits per heavy atom. The Balaban J connectivity index is 1.93. The van der Waals surface area contributed by atoms with Gasteiger partial charge in [0.05, 0.1) is 11.0 Å². The molecule has 23 heavy (non-hydrogen) atoms. The molecule has 4 N–H and O–H groups in total. The molecule has 0 fully saturated rings. The summed E-state index contributed by atoms with van der Waals surface area (Å²) in [5, 5.41) is 8.50. The highest BCUT2D eigenvalue weighted by Gasteiger charge is 2.10. The van der Waals surface area contributed by atoms with Crippen LogP contribution in [0.25, 0.3) is 11.0 Å². The predicted octanol–water partition coefficient (Wildman–Crippen LogP) is 1.76. The van der Waals surface area contributed by atoms with Gasteiger partial charge < -0.3 is 15.1 Å². The third-order valence-corrected chi connectivity index (χ3v) is 3.65. The second-order valence-electron chi connectivity index (χ2n) is 5.15. The molecule has 2 aromatic carbocycles. The predicted molar refractivity (Wildman–Crippen MR) is 84.1 cm³/mol.